The molecule has 0 unspecified atom stereocenters. The third-order valence-electron chi connectivity index (χ3n) is 3.95. The zero-order chi connectivity index (χ0) is 22.5. The number of nitrogens with two attached hydrogens (primary N) is 1. The van der Waals surface area contributed by atoms with E-state index in [1.807, 2.05) is 0 Å². The number of ketones is 1. The average molecular weight is 431 g/mol. The molecule has 0 saturated heterocycles. The number of halogens is 1. The van der Waals surface area contributed by atoms with E-state index in [9.17, 15) is 22.4 Å². The van der Waals surface area contributed by atoms with Crippen LogP contribution in [0, 0.1) is 24.1 Å². The second kappa shape index (κ2) is 9.19. The lowest BCUT2D eigenvalue weighted by Crippen LogP contribution is -2.20. The van der Waals surface area contributed by atoms with Crippen molar-refractivity contribution in [3.63, 3.8) is 0 Å². The molecule has 0 bridgehead atoms. The van der Waals surface area contributed by atoms with Gasteiger partial charge in [0.15, 0.2) is 6.61 Å². The van der Waals surface area contributed by atoms with Gasteiger partial charge in [0.25, 0.3) is 10.0 Å². The van der Waals surface area contributed by atoms with Gasteiger partial charge in [-0.15, -0.1) is 0 Å². The Balaban J connectivity index is 2.24. The highest BCUT2D eigenvalue weighted by Gasteiger charge is 2.21. The maximum absolute atomic E-state index is 13.4. The summed E-state index contributed by atoms with van der Waals surface area (Å²) in [6.45, 7) is 2.04. The summed E-state index contributed by atoms with van der Waals surface area (Å²) in [5.41, 5.74) is 4.98. The van der Waals surface area contributed by atoms with Crippen LogP contribution < -0.4 is 10.5 Å². The Hall–Kier alpha value is -3.71. The Labute approximate surface area is 172 Å². The van der Waals surface area contributed by atoms with Crippen molar-refractivity contribution >= 4 is 27.5 Å². The Morgan fingerprint density at radius 3 is 2.50 bits per heavy atom. The van der Waals surface area contributed by atoms with E-state index in [2.05, 4.69) is 4.72 Å². The lowest BCUT2D eigenvalue weighted by molar-refractivity contribution is -0.118. The Kier molecular flexibility index (Phi) is 6.92. The number of nitriles is 1. The molecule has 0 aliphatic rings. The summed E-state index contributed by atoms with van der Waals surface area (Å²) in [5, 5.41) is 8.92. The molecular weight excluding hydrogens is 413 g/mol. The number of carbonyl (C=O) groups is 2. The van der Waals surface area contributed by atoms with E-state index in [0.717, 1.165) is 18.2 Å². The minimum atomic E-state index is -4.13. The number of aryl methyl sites for hydroxylation is 1. The van der Waals surface area contributed by atoms with E-state index in [0.29, 0.717) is 0 Å². The summed E-state index contributed by atoms with van der Waals surface area (Å²) in [5.74, 6) is -2.32. The normalized spacial score (nSPS) is 11.8. The van der Waals surface area contributed by atoms with Crippen molar-refractivity contribution < 1.29 is 27.1 Å². The number of carbonyl (C=O) groups excluding carboxylic acids is 2. The summed E-state index contributed by atoms with van der Waals surface area (Å²) in [7, 11) is -4.13. The molecule has 0 heterocycles. The van der Waals surface area contributed by atoms with E-state index in [-0.39, 0.29) is 33.0 Å². The number of nitrogens with zero attached hydrogens (tertiary/aromatic N) is 1. The molecule has 2 aromatic rings. The number of Topliss-reactive ketones (excluding diaryl/α,β-unsaturated/α-hetero) is 1. The van der Waals surface area contributed by atoms with Crippen molar-refractivity contribution in [2.24, 2.45) is 5.73 Å². The molecule has 0 spiro atoms. The van der Waals surface area contributed by atoms with Gasteiger partial charge in [-0.25, -0.2) is 17.6 Å². The average Bonchev–Trinajstić information content (AvgIpc) is 2.68. The van der Waals surface area contributed by atoms with Gasteiger partial charge in [0.05, 0.1) is 16.1 Å². The second-order valence-corrected chi connectivity index (χ2v) is 7.91. The molecule has 10 heteroatoms. The number of hydrogen-bond acceptors (Lipinski definition) is 7. The van der Waals surface area contributed by atoms with Crippen LogP contribution in [0.5, 0.6) is 0 Å². The van der Waals surface area contributed by atoms with Crippen LogP contribution >= 0.6 is 0 Å². The number of nitrogens with one attached hydrogen (secondary N) is 1. The number of anilines is 1. The number of benzene rings is 2. The third-order valence-corrected chi connectivity index (χ3v) is 5.31. The fourth-order valence-electron chi connectivity index (χ4n) is 2.39. The van der Waals surface area contributed by atoms with E-state index in [1.54, 1.807) is 6.07 Å². The topological polar surface area (TPSA) is 139 Å². The van der Waals surface area contributed by atoms with Gasteiger partial charge in [-0.05, 0) is 49.7 Å². The lowest BCUT2D eigenvalue weighted by atomic mass is 10.1. The Morgan fingerprint density at radius 1 is 1.23 bits per heavy atom. The number of esters is 1. The number of rotatable bonds is 7. The van der Waals surface area contributed by atoms with Crippen LogP contribution in [-0.2, 0) is 19.6 Å². The number of para-hydroxylation sites is 1. The van der Waals surface area contributed by atoms with Gasteiger partial charge in [-0.2, -0.15) is 5.26 Å². The zero-order valence-electron chi connectivity index (χ0n) is 16.1. The summed E-state index contributed by atoms with van der Waals surface area (Å²) in [6.07, 6.45) is 0. The van der Waals surface area contributed by atoms with Crippen LogP contribution in [0.4, 0.5) is 10.1 Å². The standard InChI is InChI=1S/C20H18FN3O5S/c1-12-9-14(7-8-17(12)21)30(27,28)24-18-6-4-3-5-15(18)20(26)29-11-19(25)16(10-22)13(2)23/h3-9,24H,11,23H2,1-2H3/b16-13+. The maximum Gasteiger partial charge on any atom is 0.340 e. The highest BCUT2D eigenvalue weighted by atomic mass is 32.2. The van der Waals surface area contributed by atoms with Crippen molar-refractivity contribution in [1.82, 2.24) is 0 Å². The molecule has 0 fully saturated rings. The van der Waals surface area contributed by atoms with E-state index in [4.69, 9.17) is 15.7 Å². The molecular formula is C20H18FN3O5S. The van der Waals surface area contributed by atoms with E-state index < -0.39 is 34.2 Å². The maximum atomic E-state index is 13.4. The monoisotopic (exact) mass is 431 g/mol. The zero-order valence-corrected chi connectivity index (χ0v) is 16.9. The molecule has 0 aliphatic heterocycles. The summed E-state index contributed by atoms with van der Waals surface area (Å²) >= 11 is 0. The van der Waals surface area contributed by atoms with Crippen molar-refractivity contribution in [2.45, 2.75) is 18.7 Å². The number of hydrogen-bond donors (Lipinski definition) is 2. The minimum absolute atomic E-state index is 0.0127. The quantitative estimate of drug-likeness (QED) is 0.390. The van der Waals surface area contributed by atoms with Crippen molar-refractivity contribution in [3.8, 4) is 6.07 Å². The first-order valence-corrected chi connectivity index (χ1v) is 10.00. The summed E-state index contributed by atoms with van der Waals surface area (Å²) in [6, 6.07) is 10.5. The van der Waals surface area contributed by atoms with Gasteiger partial charge in [-0.1, -0.05) is 12.1 Å². The molecule has 0 aromatic heterocycles. The molecule has 0 amide bonds. The Morgan fingerprint density at radius 2 is 1.90 bits per heavy atom. The second-order valence-electron chi connectivity index (χ2n) is 6.23. The molecule has 8 nitrogen and oxygen atoms in total. The van der Waals surface area contributed by atoms with Crippen LogP contribution in [-0.4, -0.2) is 26.8 Å². The smallest absolute Gasteiger partial charge is 0.340 e. The predicted molar refractivity (Wildman–Crippen MR) is 106 cm³/mol. The summed E-state index contributed by atoms with van der Waals surface area (Å²) in [4.78, 5) is 24.1. The Bertz CT molecular complexity index is 1180. The first-order chi connectivity index (χ1) is 14.1. The SMILES string of the molecule is C/C(N)=C(/C#N)C(=O)COC(=O)c1ccccc1NS(=O)(=O)c1ccc(F)c(C)c1. The van der Waals surface area contributed by atoms with Gasteiger partial charge >= 0.3 is 5.97 Å². The van der Waals surface area contributed by atoms with Crippen LogP contribution in [0.25, 0.3) is 0 Å². The molecule has 3 N–H and O–H groups in total. The van der Waals surface area contributed by atoms with Gasteiger partial charge in [0.1, 0.15) is 17.5 Å². The molecule has 2 rings (SSSR count). The summed E-state index contributed by atoms with van der Waals surface area (Å²) < 4.78 is 45.8. The van der Waals surface area contributed by atoms with Gasteiger partial charge in [0.2, 0.25) is 5.78 Å². The molecule has 156 valence electrons. The first kappa shape index (κ1) is 22.6. The number of ether oxygens (including phenoxy) is 1. The molecule has 0 aliphatic carbocycles. The highest BCUT2D eigenvalue weighted by molar-refractivity contribution is 7.92. The lowest BCUT2D eigenvalue weighted by Gasteiger charge is -2.13. The fraction of sp³-hybridized carbons (Fsp3) is 0.150. The van der Waals surface area contributed by atoms with Gasteiger partial charge in [0, 0.05) is 5.70 Å². The number of allylic oxidation sites excluding steroid dienone is 1. The molecule has 2 aromatic carbocycles. The van der Waals surface area contributed by atoms with Gasteiger partial charge in [-0.3, -0.25) is 9.52 Å². The van der Waals surface area contributed by atoms with Crippen LogP contribution in [0.3, 0.4) is 0 Å². The predicted octanol–water partition coefficient (Wildman–Crippen LogP) is 2.42. The van der Waals surface area contributed by atoms with Crippen LogP contribution in [0.15, 0.2) is 58.6 Å². The van der Waals surface area contributed by atoms with Crippen molar-refractivity contribution in [1.29, 1.82) is 5.26 Å². The highest BCUT2D eigenvalue weighted by Crippen LogP contribution is 2.22. The van der Waals surface area contributed by atoms with E-state index in [1.165, 1.54) is 38.1 Å². The molecule has 0 atom stereocenters. The third kappa shape index (κ3) is 5.21. The van der Waals surface area contributed by atoms with Crippen LogP contribution in [0.1, 0.15) is 22.8 Å². The fourth-order valence-corrected chi connectivity index (χ4v) is 3.55. The van der Waals surface area contributed by atoms with Crippen molar-refractivity contribution in [3.05, 3.63) is 70.7 Å². The van der Waals surface area contributed by atoms with Crippen molar-refractivity contribution in [2.75, 3.05) is 11.3 Å². The van der Waals surface area contributed by atoms with Gasteiger partial charge < -0.3 is 10.5 Å². The van der Waals surface area contributed by atoms with Crippen LogP contribution in [0.2, 0.25) is 0 Å². The molecule has 30 heavy (non-hydrogen) atoms. The largest absolute Gasteiger partial charge is 0.454 e. The van der Waals surface area contributed by atoms with E-state index >= 15 is 0 Å². The molecule has 0 radical (unpaired) electrons. The minimum Gasteiger partial charge on any atom is -0.454 e. The molecule has 0 saturated carbocycles. The first-order valence-electron chi connectivity index (χ1n) is 8.51. The number of sulfonamides is 1.